The second-order valence-corrected chi connectivity index (χ2v) is 3.43. The number of carboxylic acid groups (broad SMARTS) is 1. The average molecular weight is 212 g/mol. The van der Waals surface area contributed by atoms with E-state index in [-0.39, 0.29) is 11.7 Å². The van der Waals surface area contributed by atoms with E-state index in [4.69, 9.17) is 10.8 Å². The zero-order valence-corrected chi connectivity index (χ0v) is 8.97. The van der Waals surface area contributed by atoms with Crippen molar-refractivity contribution in [1.82, 2.24) is 15.0 Å². The fourth-order valence-electron chi connectivity index (χ4n) is 1.38. The Bertz CT molecular complexity index is 348. The molecular weight excluding hydrogens is 196 g/mol. The van der Waals surface area contributed by atoms with Gasteiger partial charge in [0.1, 0.15) is 0 Å². The summed E-state index contributed by atoms with van der Waals surface area (Å²) in [4.78, 5) is 10.9. The molecule has 6 heteroatoms. The van der Waals surface area contributed by atoms with E-state index >= 15 is 0 Å². The van der Waals surface area contributed by atoms with E-state index < -0.39 is 5.97 Å². The van der Waals surface area contributed by atoms with Gasteiger partial charge in [0.2, 0.25) is 0 Å². The lowest BCUT2D eigenvalue weighted by atomic mass is 10.2. The van der Waals surface area contributed by atoms with Crippen molar-refractivity contribution in [3.05, 3.63) is 11.4 Å². The number of nitrogens with two attached hydrogens (primary N) is 1. The first-order valence-corrected chi connectivity index (χ1v) is 4.99. The molecular formula is C9H16N4O2. The summed E-state index contributed by atoms with van der Waals surface area (Å²) in [5, 5.41) is 16.4. The van der Waals surface area contributed by atoms with E-state index in [0.717, 1.165) is 6.42 Å². The minimum atomic E-state index is -1.05. The van der Waals surface area contributed by atoms with Crippen LogP contribution in [0.25, 0.3) is 0 Å². The van der Waals surface area contributed by atoms with Gasteiger partial charge in [-0.2, -0.15) is 0 Å². The van der Waals surface area contributed by atoms with E-state index in [1.165, 1.54) is 0 Å². The fourth-order valence-corrected chi connectivity index (χ4v) is 1.38. The van der Waals surface area contributed by atoms with Gasteiger partial charge in [-0.05, 0) is 19.9 Å². The van der Waals surface area contributed by atoms with Gasteiger partial charge in [0.05, 0.1) is 11.7 Å². The molecule has 0 aliphatic rings. The van der Waals surface area contributed by atoms with Crippen molar-refractivity contribution in [2.75, 3.05) is 6.54 Å². The summed E-state index contributed by atoms with van der Waals surface area (Å²) in [5.41, 5.74) is 6.06. The monoisotopic (exact) mass is 212 g/mol. The molecule has 1 rings (SSSR count). The molecule has 1 aromatic rings. The molecule has 84 valence electrons. The van der Waals surface area contributed by atoms with E-state index in [1.807, 2.05) is 13.8 Å². The normalized spacial score (nSPS) is 12.7. The summed E-state index contributed by atoms with van der Waals surface area (Å²) < 4.78 is 1.65. The SMILES string of the molecule is CCC(C)n1nnc(C(=O)O)c1CCN. The van der Waals surface area contributed by atoms with Crippen LogP contribution in [0.3, 0.4) is 0 Å². The van der Waals surface area contributed by atoms with Gasteiger partial charge in [0.15, 0.2) is 5.69 Å². The second-order valence-electron chi connectivity index (χ2n) is 3.43. The molecule has 1 heterocycles. The maximum atomic E-state index is 10.9. The molecule has 1 atom stereocenters. The molecule has 3 N–H and O–H groups in total. The molecule has 0 saturated heterocycles. The average Bonchev–Trinajstić information content (AvgIpc) is 2.61. The number of aromatic carboxylic acids is 1. The van der Waals surface area contributed by atoms with Gasteiger partial charge in [-0.1, -0.05) is 12.1 Å². The molecule has 0 radical (unpaired) electrons. The minimum absolute atomic E-state index is 0.0146. The van der Waals surface area contributed by atoms with Gasteiger partial charge in [0.25, 0.3) is 0 Å². The number of hydrogen-bond donors (Lipinski definition) is 2. The molecule has 6 nitrogen and oxygen atoms in total. The van der Waals surface area contributed by atoms with Crippen LogP contribution in [0, 0.1) is 0 Å². The molecule has 0 aromatic carbocycles. The Labute approximate surface area is 88.1 Å². The van der Waals surface area contributed by atoms with Crippen LogP contribution in [0.5, 0.6) is 0 Å². The number of carbonyl (C=O) groups is 1. The predicted octanol–water partition coefficient (Wildman–Crippen LogP) is 0.448. The lowest BCUT2D eigenvalue weighted by Crippen LogP contribution is -2.15. The summed E-state index contributed by atoms with van der Waals surface area (Å²) in [6, 6.07) is 0.146. The van der Waals surface area contributed by atoms with Crippen molar-refractivity contribution in [2.24, 2.45) is 5.73 Å². The fraction of sp³-hybridized carbons (Fsp3) is 0.667. The third kappa shape index (κ3) is 2.33. The largest absolute Gasteiger partial charge is 0.476 e. The molecule has 0 aliphatic carbocycles. The summed E-state index contributed by atoms with van der Waals surface area (Å²) >= 11 is 0. The maximum Gasteiger partial charge on any atom is 0.358 e. The maximum absolute atomic E-state index is 10.9. The molecule has 15 heavy (non-hydrogen) atoms. The van der Waals surface area contributed by atoms with Crippen molar-refractivity contribution in [2.45, 2.75) is 32.7 Å². The molecule has 1 aromatic heterocycles. The number of nitrogens with zero attached hydrogens (tertiary/aromatic N) is 3. The summed E-state index contributed by atoms with van der Waals surface area (Å²) in [5.74, 6) is -1.05. The Morgan fingerprint density at radius 2 is 2.33 bits per heavy atom. The standard InChI is InChI=1S/C9H16N4O2/c1-3-6(2)13-7(4-5-10)8(9(14)15)11-12-13/h6H,3-5,10H2,1-2H3,(H,14,15). The smallest absolute Gasteiger partial charge is 0.358 e. The highest BCUT2D eigenvalue weighted by Gasteiger charge is 2.20. The summed E-state index contributed by atoms with van der Waals surface area (Å²) in [7, 11) is 0. The van der Waals surface area contributed by atoms with Crippen LogP contribution in [0.1, 0.15) is 42.5 Å². The van der Waals surface area contributed by atoms with Gasteiger partial charge in [-0.15, -0.1) is 5.10 Å². The van der Waals surface area contributed by atoms with E-state index in [9.17, 15) is 4.79 Å². The predicted molar refractivity (Wildman–Crippen MR) is 54.7 cm³/mol. The van der Waals surface area contributed by atoms with Crippen LogP contribution >= 0.6 is 0 Å². The molecule has 0 amide bonds. The second kappa shape index (κ2) is 4.88. The molecule has 0 bridgehead atoms. The van der Waals surface area contributed by atoms with Crippen molar-refractivity contribution in [3.8, 4) is 0 Å². The molecule has 0 fully saturated rings. The van der Waals surface area contributed by atoms with Crippen LogP contribution in [0.4, 0.5) is 0 Å². The highest BCUT2D eigenvalue weighted by atomic mass is 16.4. The first kappa shape index (κ1) is 11.6. The number of aromatic nitrogens is 3. The van der Waals surface area contributed by atoms with Crippen LogP contribution in [0.15, 0.2) is 0 Å². The highest BCUT2D eigenvalue weighted by molar-refractivity contribution is 5.86. The van der Waals surface area contributed by atoms with Crippen molar-refractivity contribution in [3.63, 3.8) is 0 Å². The van der Waals surface area contributed by atoms with Gasteiger partial charge >= 0.3 is 5.97 Å². The molecule has 0 saturated carbocycles. The number of rotatable bonds is 5. The lowest BCUT2D eigenvalue weighted by molar-refractivity contribution is 0.0689. The van der Waals surface area contributed by atoms with Crippen LogP contribution in [-0.4, -0.2) is 32.6 Å². The van der Waals surface area contributed by atoms with Gasteiger partial charge in [-0.25, -0.2) is 9.48 Å². The van der Waals surface area contributed by atoms with Crippen LogP contribution in [-0.2, 0) is 6.42 Å². The molecule has 1 unspecified atom stereocenters. The zero-order chi connectivity index (χ0) is 11.4. The molecule has 0 aliphatic heterocycles. The van der Waals surface area contributed by atoms with E-state index in [2.05, 4.69) is 10.3 Å². The first-order valence-electron chi connectivity index (χ1n) is 4.99. The summed E-state index contributed by atoms with van der Waals surface area (Å²) in [6.45, 7) is 4.38. The first-order chi connectivity index (χ1) is 7.11. The van der Waals surface area contributed by atoms with Gasteiger partial charge in [0, 0.05) is 6.42 Å². The van der Waals surface area contributed by atoms with Gasteiger partial charge < -0.3 is 10.8 Å². The highest BCUT2D eigenvalue weighted by Crippen LogP contribution is 2.15. The number of hydrogen-bond acceptors (Lipinski definition) is 4. The Morgan fingerprint density at radius 1 is 1.67 bits per heavy atom. The zero-order valence-electron chi connectivity index (χ0n) is 8.97. The summed E-state index contributed by atoms with van der Waals surface area (Å²) in [6.07, 6.45) is 1.36. The van der Waals surface area contributed by atoms with Crippen LogP contribution < -0.4 is 5.73 Å². The van der Waals surface area contributed by atoms with Crippen LogP contribution in [0.2, 0.25) is 0 Å². The van der Waals surface area contributed by atoms with E-state index in [1.54, 1.807) is 4.68 Å². The Balaban J connectivity index is 3.11. The minimum Gasteiger partial charge on any atom is -0.476 e. The topological polar surface area (TPSA) is 94.0 Å². The lowest BCUT2D eigenvalue weighted by Gasteiger charge is -2.11. The quantitative estimate of drug-likeness (QED) is 0.739. The van der Waals surface area contributed by atoms with Crippen molar-refractivity contribution < 1.29 is 9.90 Å². The molecule has 0 spiro atoms. The third-order valence-corrected chi connectivity index (χ3v) is 2.38. The van der Waals surface area contributed by atoms with Crippen molar-refractivity contribution in [1.29, 1.82) is 0 Å². The van der Waals surface area contributed by atoms with Crippen molar-refractivity contribution >= 4 is 5.97 Å². The Hall–Kier alpha value is -1.43. The third-order valence-electron chi connectivity index (χ3n) is 2.38. The number of carboxylic acids is 1. The Morgan fingerprint density at radius 3 is 2.80 bits per heavy atom. The van der Waals surface area contributed by atoms with Gasteiger partial charge in [-0.3, -0.25) is 0 Å². The Kier molecular flexibility index (Phi) is 3.79. The van der Waals surface area contributed by atoms with E-state index in [0.29, 0.717) is 18.7 Å².